The van der Waals surface area contributed by atoms with Crippen molar-refractivity contribution in [1.82, 2.24) is 15.0 Å². The zero-order valence-corrected chi connectivity index (χ0v) is 10.1. The van der Waals surface area contributed by atoms with Gasteiger partial charge in [0.25, 0.3) is 0 Å². The Bertz CT molecular complexity index is 525. The van der Waals surface area contributed by atoms with Crippen molar-refractivity contribution in [3.05, 3.63) is 22.1 Å². The first-order chi connectivity index (χ1) is 7.44. The largest absolute Gasteiger partial charge is 0.347 e. The molecule has 0 fully saturated rings. The van der Waals surface area contributed by atoms with Crippen LogP contribution in [0.1, 0.15) is 0 Å². The Morgan fingerprint density at radius 1 is 1.25 bits per heavy atom. The second-order valence-corrected chi connectivity index (χ2v) is 5.71. The van der Waals surface area contributed by atoms with E-state index in [9.17, 15) is 8.42 Å². The molecule has 1 aliphatic heterocycles. The van der Waals surface area contributed by atoms with Crippen LogP contribution in [0.2, 0.25) is 10.6 Å². The lowest BCUT2D eigenvalue weighted by atomic mass is 10.3. The predicted molar refractivity (Wildman–Crippen MR) is 60.2 cm³/mol. The molecule has 0 amide bonds. The Labute approximate surface area is 102 Å². The van der Waals surface area contributed by atoms with Gasteiger partial charge in [-0.15, -0.1) is 0 Å². The van der Waals surface area contributed by atoms with Crippen LogP contribution >= 0.6 is 23.2 Å². The summed E-state index contributed by atoms with van der Waals surface area (Å²) in [5.41, 5.74) is 0. The number of nitrogens with zero attached hydrogens (tertiary/aromatic N) is 3. The van der Waals surface area contributed by atoms with E-state index in [0.717, 1.165) is 5.41 Å². The molecule has 1 atom stereocenters. The van der Waals surface area contributed by atoms with Crippen LogP contribution in [-0.2, 0) is 9.84 Å². The molecule has 1 aromatic heterocycles. The summed E-state index contributed by atoms with van der Waals surface area (Å²) in [6.07, 6.45) is 1.51. The zero-order valence-electron chi connectivity index (χ0n) is 7.76. The Kier molecular flexibility index (Phi) is 3.00. The van der Waals surface area contributed by atoms with Gasteiger partial charge < -0.3 is 5.32 Å². The molecule has 6 nitrogen and oxygen atoms in total. The third kappa shape index (κ3) is 2.81. The minimum absolute atomic E-state index is 0.0338. The molecule has 0 aromatic carbocycles. The first kappa shape index (κ1) is 11.6. The molecule has 16 heavy (non-hydrogen) atoms. The molecule has 0 spiro atoms. The Morgan fingerprint density at radius 3 is 2.38 bits per heavy atom. The summed E-state index contributed by atoms with van der Waals surface area (Å²) >= 11 is 11.1. The lowest BCUT2D eigenvalue weighted by molar-refractivity contribution is 0.605. The van der Waals surface area contributed by atoms with Crippen LogP contribution in [0.5, 0.6) is 0 Å². The molecular weight excluding hydrogens is 275 g/mol. The number of hydrogen-bond acceptors (Lipinski definition) is 6. The van der Waals surface area contributed by atoms with Gasteiger partial charge in [-0.25, -0.2) is 8.42 Å². The van der Waals surface area contributed by atoms with E-state index in [0.29, 0.717) is 0 Å². The number of anilines is 1. The number of hydrogen-bond donors (Lipinski definition) is 1. The molecule has 0 aliphatic carbocycles. The van der Waals surface area contributed by atoms with E-state index in [1.54, 1.807) is 0 Å². The third-order valence-electron chi connectivity index (χ3n) is 1.83. The number of nitrogens with one attached hydrogen (secondary N) is 1. The van der Waals surface area contributed by atoms with Crippen molar-refractivity contribution in [3.8, 4) is 0 Å². The molecule has 0 saturated heterocycles. The van der Waals surface area contributed by atoms with Gasteiger partial charge in [-0.3, -0.25) is 0 Å². The van der Waals surface area contributed by atoms with Crippen molar-refractivity contribution < 1.29 is 8.42 Å². The molecular formula is C7H6Cl2N4O2S. The molecule has 1 aromatic rings. The highest BCUT2D eigenvalue weighted by atomic mass is 35.5. The summed E-state index contributed by atoms with van der Waals surface area (Å²) in [6, 6.07) is -0.375. The normalized spacial score (nSPS) is 22.2. The van der Waals surface area contributed by atoms with E-state index in [1.807, 2.05) is 0 Å². The van der Waals surface area contributed by atoms with Gasteiger partial charge in [-0.1, -0.05) is 0 Å². The Morgan fingerprint density at radius 2 is 1.88 bits per heavy atom. The number of sulfone groups is 1. The number of aromatic nitrogens is 3. The van der Waals surface area contributed by atoms with Crippen LogP contribution in [0.4, 0.5) is 5.95 Å². The molecule has 2 heterocycles. The fourth-order valence-corrected chi connectivity index (χ4v) is 2.82. The lowest BCUT2D eigenvalue weighted by Crippen LogP contribution is -2.22. The van der Waals surface area contributed by atoms with Crippen molar-refractivity contribution in [2.24, 2.45) is 0 Å². The van der Waals surface area contributed by atoms with Crippen molar-refractivity contribution in [2.75, 3.05) is 11.1 Å². The van der Waals surface area contributed by atoms with Gasteiger partial charge in [0.05, 0.1) is 11.8 Å². The average Bonchev–Trinajstić information content (AvgIpc) is 2.43. The highest BCUT2D eigenvalue weighted by Crippen LogP contribution is 2.14. The maximum atomic E-state index is 11.1. The fraction of sp³-hybridized carbons (Fsp3) is 0.286. The van der Waals surface area contributed by atoms with Crippen LogP contribution in [0, 0.1) is 0 Å². The molecule has 1 unspecified atom stereocenters. The molecule has 1 N–H and O–H groups in total. The van der Waals surface area contributed by atoms with Gasteiger partial charge in [0.2, 0.25) is 16.5 Å². The molecule has 1 aliphatic rings. The van der Waals surface area contributed by atoms with Crippen LogP contribution in [-0.4, -0.2) is 35.2 Å². The zero-order chi connectivity index (χ0) is 11.8. The van der Waals surface area contributed by atoms with Gasteiger partial charge in [0.1, 0.15) is 0 Å². The van der Waals surface area contributed by atoms with Crippen LogP contribution in [0.25, 0.3) is 0 Å². The molecule has 86 valence electrons. The molecule has 2 rings (SSSR count). The molecule has 0 bridgehead atoms. The first-order valence-corrected chi connectivity index (χ1v) is 6.66. The fourth-order valence-electron chi connectivity index (χ4n) is 1.22. The monoisotopic (exact) mass is 280 g/mol. The molecule has 0 radical (unpaired) electrons. The first-order valence-electron chi connectivity index (χ1n) is 4.19. The summed E-state index contributed by atoms with van der Waals surface area (Å²) in [4.78, 5) is 11.1. The van der Waals surface area contributed by atoms with Crippen LogP contribution < -0.4 is 5.32 Å². The second kappa shape index (κ2) is 4.15. The standard InChI is InChI=1S/C7H6Cl2N4O2S/c8-5-11-6(9)13-7(12-5)10-4-1-2-16(14,15)3-4/h1-2,4H,3H2,(H,10,11,12,13). The lowest BCUT2D eigenvalue weighted by Gasteiger charge is -2.09. The van der Waals surface area contributed by atoms with Crippen LogP contribution in [0.15, 0.2) is 11.5 Å². The minimum atomic E-state index is -3.12. The second-order valence-electron chi connectivity index (χ2n) is 3.11. The molecule has 0 saturated carbocycles. The smallest absolute Gasteiger partial charge is 0.228 e. The predicted octanol–water partition coefficient (Wildman–Crippen LogP) is 0.901. The van der Waals surface area contributed by atoms with Crippen molar-refractivity contribution in [3.63, 3.8) is 0 Å². The van der Waals surface area contributed by atoms with E-state index in [-0.39, 0.29) is 28.3 Å². The summed E-state index contributed by atoms with van der Waals surface area (Å²) in [7, 11) is -3.12. The van der Waals surface area contributed by atoms with E-state index in [4.69, 9.17) is 23.2 Å². The summed E-state index contributed by atoms with van der Waals surface area (Å²) in [5, 5.41) is 3.83. The summed E-state index contributed by atoms with van der Waals surface area (Å²) in [5.74, 6) is 0.116. The average molecular weight is 281 g/mol. The number of halogens is 2. The highest BCUT2D eigenvalue weighted by Gasteiger charge is 2.22. The van der Waals surface area contributed by atoms with Crippen LogP contribution in [0.3, 0.4) is 0 Å². The SMILES string of the molecule is O=S1(=O)C=CC(Nc2nc(Cl)nc(Cl)n2)C1. The van der Waals surface area contributed by atoms with E-state index in [2.05, 4.69) is 20.3 Å². The summed E-state index contributed by atoms with van der Waals surface area (Å²) < 4.78 is 22.3. The van der Waals surface area contributed by atoms with E-state index < -0.39 is 9.84 Å². The van der Waals surface area contributed by atoms with Gasteiger partial charge in [-0.2, -0.15) is 15.0 Å². The van der Waals surface area contributed by atoms with Crippen molar-refractivity contribution >= 4 is 39.0 Å². The van der Waals surface area contributed by atoms with Crippen molar-refractivity contribution in [2.45, 2.75) is 6.04 Å². The van der Waals surface area contributed by atoms with Gasteiger partial charge in [0.15, 0.2) is 9.84 Å². The maximum absolute atomic E-state index is 11.1. The van der Waals surface area contributed by atoms with E-state index >= 15 is 0 Å². The maximum Gasteiger partial charge on any atom is 0.228 e. The Hall–Kier alpha value is -0.920. The van der Waals surface area contributed by atoms with Gasteiger partial charge in [0, 0.05) is 5.41 Å². The minimum Gasteiger partial charge on any atom is -0.347 e. The van der Waals surface area contributed by atoms with Crippen molar-refractivity contribution in [1.29, 1.82) is 0 Å². The Balaban J connectivity index is 2.14. The topological polar surface area (TPSA) is 84.8 Å². The number of rotatable bonds is 2. The summed E-state index contributed by atoms with van der Waals surface area (Å²) in [6.45, 7) is 0. The quantitative estimate of drug-likeness (QED) is 0.867. The highest BCUT2D eigenvalue weighted by molar-refractivity contribution is 7.94. The third-order valence-corrected chi connectivity index (χ3v) is 3.56. The molecule has 9 heteroatoms. The van der Waals surface area contributed by atoms with Gasteiger partial charge in [-0.05, 0) is 29.3 Å². The van der Waals surface area contributed by atoms with E-state index in [1.165, 1.54) is 6.08 Å². The van der Waals surface area contributed by atoms with Gasteiger partial charge >= 0.3 is 0 Å².